The van der Waals surface area contributed by atoms with Gasteiger partial charge in [-0.05, 0) is 24.3 Å². The molecule has 4 rings (SSSR count). The van der Waals surface area contributed by atoms with E-state index < -0.39 is 15.5 Å². The van der Waals surface area contributed by atoms with Gasteiger partial charge in [0, 0.05) is 35.4 Å². The van der Waals surface area contributed by atoms with Crippen LogP contribution in [0.2, 0.25) is 5.02 Å². The van der Waals surface area contributed by atoms with Gasteiger partial charge in [-0.3, -0.25) is 0 Å². The Kier molecular flexibility index (Phi) is 6.47. The summed E-state index contributed by atoms with van der Waals surface area (Å²) in [6.45, 7) is 0.738. The summed E-state index contributed by atoms with van der Waals surface area (Å²) in [4.78, 5) is 8.56. The summed E-state index contributed by atoms with van der Waals surface area (Å²) in [6.07, 6.45) is 3.82. The van der Waals surface area contributed by atoms with E-state index in [1.807, 2.05) is 0 Å². The fourth-order valence-corrected chi connectivity index (χ4v) is 4.27. The lowest BCUT2D eigenvalue weighted by atomic mass is 10.2. The molecule has 2 atom stereocenters. The standard InChI is InChI=1S/C21H22ClFN4O4S/c1-29-18-9-30-10-19(18)31-17-6-12(23)4-5-15(17)26-21-20-14(22)7-13(27-32(2,3)28)8-16(20)24-11-25-21/h4-8,11,18-19H,9-10H2,1-3H3,(H,24,25,26)/t18-,19+/m1/s1. The van der Waals surface area contributed by atoms with Gasteiger partial charge in [-0.25, -0.2) is 18.6 Å². The molecule has 11 heteroatoms. The van der Waals surface area contributed by atoms with Gasteiger partial charge < -0.3 is 19.5 Å². The highest BCUT2D eigenvalue weighted by Gasteiger charge is 2.30. The Hall–Kier alpha value is -2.53. The Morgan fingerprint density at radius 1 is 1.22 bits per heavy atom. The Morgan fingerprint density at radius 2 is 2.00 bits per heavy atom. The molecule has 8 nitrogen and oxygen atoms in total. The molecule has 0 saturated carbocycles. The Bertz CT molecular complexity index is 1270. The van der Waals surface area contributed by atoms with Crippen molar-refractivity contribution < 1.29 is 22.8 Å². The van der Waals surface area contributed by atoms with Crippen molar-refractivity contribution in [1.82, 2.24) is 9.97 Å². The largest absolute Gasteiger partial charge is 0.483 e. The van der Waals surface area contributed by atoms with Gasteiger partial charge >= 0.3 is 0 Å². The van der Waals surface area contributed by atoms with Crippen molar-refractivity contribution in [3.8, 4) is 5.75 Å². The Labute approximate surface area is 190 Å². The summed E-state index contributed by atoms with van der Waals surface area (Å²) in [6, 6.07) is 7.44. The average Bonchev–Trinajstić information content (AvgIpc) is 3.15. The van der Waals surface area contributed by atoms with Crippen LogP contribution >= 0.6 is 11.6 Å². The van der Waals surface area contributed by atoms with Gasteiger partial charge in [0.05, 0.1) is 40.5 Å². The number of hydrogen-bond acceptors (Lipinski definition) is 8. The lowest BCUT2D eigenvalue weighted by Crippen LogP contribution is -2.31. The van der Waals surface area contributed by atoms with Crippen LogP contribution < -0.4 is 10.1 Å². The van der Waals surface area contributed by atoms with Crippen LogP contribution in [0.1, 0.15) is 0 Å². The van der Waals surface area contributed by atoms with Gasteiger partial charge in [-0.1, -0.05) is 11.6 Å². The van der Waals surface area contributed by atoms with Crippen LogP contribution in [0, 0.1) is 5.82 Å². The first-order valence-electron chi connectivity index (χ1n) is 9.68. The molecule has 170 valence electrons. The first-order chi connectivity index (χ1) is 15.2. The second kappa shape index (κ2) is 9.14. The molecule has 1 saturated heterocycles. The van der Waals surface area contributed by atoms with Gasteiger partial charge in [0.15, 0.2) is 6.10 Å². The van der Waals surface area contributed by atoms with E-state index in [1.54, 1.807) is 25.3 Å². The highest BCUT2D eigenvalue weighted by atomic mass is 35.5. The topological polar surface area (TPSA) is 94.9 Å². The molecular formula is C21H22ClFN4O4S. The van der Waals surface area contributed by atoms with Gasteiger partial charge in [0.1, 0.15) is 29.8 Å². The normalized spacial score (nSPS) is 18.7. The van der Waals surface area contributed by atoms with E-state index in [4.69, 9.17) is 25.8 Å². The van der Waals surface area contributed by atoms with Gasteiger partial charge in [0.25, 0.3) is 0 Å². The van der Waals surface area contributed by atoms with E-state index >= 15 is 0 Å². The molecule has 1 N–H and O–H groups in total. The van der Waals surface area contributed by atoms with Crippen molar-refractivity contribution in [1.29, 1.82) is 0 Å². The van der Waals surface area contributed by atoms with Crippen molar-refractivity contribution in [2.75, 3.05) is 38.2 Å². The maximum absolute atomic E-state index is 14.0. The minimum Gasteiger partial charge on any atom is -0.483 e. The second-order valence-electron chi connectivity index (χ2n) is 7.55. The smallest absolute Gasteiger partial charge is 0.150 e. The SMILES string of the molecule is CO[C@@H]1COC[C@@H]1Oc1cc(F)ccc1Nc1ncnc2cc(N=S(C)(C)=O)cc(Cl)c12. The Balaban J connectivity index is 1.72. The fraction of sp³-hybridized carbons (Fsp3) is 0.333. The van der Waals surface area contributed by atoms with E-state index in [-0.39, 0.29) is 18.0 Å². The molecule has 1 aliphatic heterocycles. The van der Waals surface area contributed by atoms with E-state index in [9.17, 15) is 8.60 Å². The van der Waals surface area contributed by atoms with E-state index in [1.165, 1.54) is 31.0 Å². The molecule has 2 heterocycles. The number of benzene rings is 2. The third-order valence-electron chi connectivity index (χ3n) is 4.76. The predicted molar refractivity (Wildman–Crippen MR) is 122 cm³/mol. The first-order valence-corrected chi connectivity index (χ1v) is 12.4. The zero-order valence-electron chi connectivity index (χ0n) is 17.7. The van der Waals surface area contributed by atoms with Crippen LogP contribution in [0.4, 0.5) is 21.6 Å². The molecular weight excluding hydrogens is 459 g/mol. The number of aromatic nitrogens is 2. The third-order valence-corrected chi connectivity index (χ3v) is 5.71. The summed E-state index contributed by atoms with van der Waals surface area (Å²) in [5.41, 5.74) is 1.47. The number of halogens is 2. The van der Waals surface area contributed by atoms with Crippen LogP contribution in [-0.4, -0.2) is 59.2 Å². The Morgan fingerprint density at radius 3 is 2.75 bits per heavy atom. The number of fused-ring (bicyclic) bond motifs is 1. The van der Waals surface area contributed by atoms with Gasteiger partial charge in [-0.15, -0.1) is 0 Å². The van der Waals surface area contributed by atoms with Crippen molar-refractivity contribution in [3.63, 3.8) is 0 Å². The zero-order valence-corrected chi connectivity index (χ0v) is 19.2. The maximum Gasteiger partial charge on any atom is 0.150 e. The summed E-state index contributed by atoms with van der Waals surface area (Å²) >= 11 is 6.51. The summed E-state index contributed by atoms with van der Waals surface area (Å²) in [7, 11) is -0.790. The number of anilines is 2. The molecule has 0 bridgehead atoms. The van der Waals surface area contributed by atoms with Crippen molar-refractivity contribution in [2.45, 2.75) is 12.2 Å². The molecule has 1 aliphatic rings. The van der Waals surface area contributed by atoms with Crippen LogP contribution in [-0.2, 0) is 19.2 Å². The molecule has 32 heavy (non-hydrogen) atoms. The van der Waals surface area contributed by atoms with Crippen molar-refractivity contribution >= 4 is 49.4 Å². The highest BCUT2D eigenvalue weighted by Crippen LogP contribution is 2.36. The van der Waals surface area contributed by atoms with Crippen LogP contribution in [0.15, 0.2) is 41.0 Å². The zero-order chi connectivity index (χ0) is 22.9. The summed E-state index contributed by atoms with van der Waals surface area (Å²) in [5.74, 6) is 0.245. The van der Waals surface area contributed by atoms with Crippen molar-refractivity contribution in [3.05, 3.63) is 47.5 Å². The predicted octanol–water partition coefficient (Wildman–Crippen LogP) is 4.32. The van der Waals surface area contributed by atoms with Gasteiger partial charge in [0.2, 0.25) is 0 Å². The quantitative estimate of drug-likeness (QED) is 0.561. The van der Waals surface area contributed by atoms with E-state index in [2.05, 4.69) is 19.6 Å². The molecule has 0 spiro atoms. The number of rotatable bonds is 6. The van der Waals surface area contributed by atoms with Crippen molar-refractivity contribution in [2.24, 2.45) is 4.36 Å². The van der Waals surface area contributed by atoms with Gasteiger partial charge in [-0.2, -0.15) is 4.36 Å². The van der Waals surface area contributed by atoms with E-state index in [0.717, 1.165) is 0 Å². The first kappa shape index (κ1) is 22.7. The molecule has 0 unspecified atom stereocenters. The lowest BCUT2D eigenvalue weighted by molar-refractivity contribution is 0.0328. The fourth-order valence-electron chi connectivity index (χ4n) is 3.36. The number of nitrogens with one attached hydrogen (secondary N) is 1. The monoisotopic (exact) mass is 480 g/mol. The minimum atomic E-state index is -2.36. The number of nitrogens with zero attached hydrogens (tertiary/aromatic N) is 3. The molecule has 1 aromatic heterocycles. The molecule has 0 radical (unpaired) electrons. The molecule has 2 aromatic carbocycles. The number of ether oxygens (including phenoxy) is 3. The second-order valence-corrected chi connectivity index (χ2v) is 10.5. The average molecular weight is 481 g/mol. The molecule has 0 amide bonds. The maximum atomic E-state index is 14.0. The molecule has 1 fully saturated rings. The third kappa shape index (κ3) is 5.09. The lowest BCUT2D eigenvalue weighted by Gasteiger charge is -2.21. The number of methoxy groups -OCH3 is 1. The highest BCUT2D eigenvalue weighted by molar-refractivity contribution is 7.92. The summed E-state index contributed by atoms with van der Waals surface area (Å²) in [5, 5.41) is 4.04. The minimum absolute atomic E-state index is 0.255. The summed E-state index contributed by atoms with van der Waals surface area (Å²) < 4.78 is 47.0. The molecule has 3 aromatic rings. The van der Waals surface area contributed by atoms with Crippen LogP contribution in [0.3, 0.4) is 0 Å². The number of hydrogen-bond donors (Lipinski definition) is 1. The van der Waals surface area contributed by atoms with Crippen LogP contribution in [0.25, 0.3) is 10.9 Å². The van der Waals surface area contributed by atoms with E-state index in [0.29, 0.717) is 46.3 Å². The van der Waals surface area contributed by atoms with Crippen LogP contribution in [0.5, 0.6) is 5.75 Å². The molecule has 0 aliphatic carbocycles.